The van der Waals surface area contributed by atoms with Crippen molar-refractivity contribution in [2.75, 3.05) is 0 Å². The summed E-state index contributed by atoms with van der Waals surface area (Å²) in [6.07, 6.45) is 0. The molecule has 0 N–H and O–H groups in total. The molecule has 2 rings (SSSR count). The molecule has 1 aliphatic rings. The van der Waals surface area contributed by atoms with Gasteiger partial charge in [0.15, 0.2) is 11.6 Å². The van der Waals surface area contributed by atoms with Crippen LogP contribution in [0.1, 0.15) is 25.0 Å². The Morgan fingerprint density at radius 3 is 2.57 bits per heavy atom. The Kier molecular flexibility index (Phi) is 2.27. The molecule has 1 aromatic rings. The molecule has 0 fully saturated rings. The van der Waals surface area contributed by atoms with Crippen molar-refractivity contribution in [1.29, 1.82) is 0 Å². The van der Waals surface area contributed by atoms with Crippen molar-refractivity contribution in [2.45, 2.75) is 33.0 Å². The number of rotatable bonds is 1. The van der Waals surface area contributed by atoms with Gasteiger partial charge in [0.05, 0.1) is 0 Å². The third-order valence-electron chi connectivity index (χ3n) is 2.76. The van der Waals surface area contributed by atoms with E-state index < -0.39 is 11.6 Å². The fraction of sp³-hybridized carbons (Fsp3) is 0.455. The number of fused-ring (bicyclic) bond motifs is 1. The molecule has 0 spiro atoms. The van der Waals surface area contributed by atoms with E-state index >= 15 is 0 Å². The number of nitrogens with zero attached hydrogens (tertiary/aromatic N) is 1. The Hall–Kier alpha value is -0.960. The van der Waals surface area contributed by atoms with Gasteiger partial charge >= 0.3 is 0 Å². The predicted octanol–water partition coefficient (Wildman–Crippen LogP) is 2.69. The second-order valence-electron chi connectivity index (χ2n) is 4.00. The van der Waals surface area contributed by atoms with E-state index in [-0.39, 0.29) is 0 Å². The summed E-state index contributed by atoms with van der Waals surface area (Å²) < 4.78 is 26.2. The number of hydrogen-bond donors (Lipinski definition) is 0. The van der Waals surface area contributed by atoms with E-state index in [1.807, 2.05) is 0 Å². The largest absolute Gasteiger partial charge is 0.292 e. The van der Waals surface area contributed by atoms with Crippen molar-refractivity contribution in [3.05, 3.63) is 34.9 Å². The van der Waals surface area contributed by atoms with E-state index in [0.29, 0.717) is 18.2 Å². The van der Waals surface area contributed by atoms with E-state index in [4.69, 9.17) is 0 Å². The van der Waals surface area contributed by atoms with E-state index in [0.717, 1.165) is 12.1 Å². The summed E-state index contributed by atoms with van der Waals surface area (Å²) in [7, 11) is 0. The molecule has 0 radical (unpaired) electrons. The lowest BCUT2D eigenvalue weighted by atomic mass is 10.1. The van der Waals surface area contributed by atoms with E-state index in [2.05, 4.69) is 18.7 Å². The molecule has 1 aliphatic heterocycles. The van der Waals surface area contributed by atoms with Crippen molar-refractivity contribution in [3.63, 3.8) is 0 Å². The SMILES string of the molecule is CC(C)N1Cc2ccc(F)c(F)c2C1. The minimum atomic E-state index is -0.741. The normalized spacial score (nSPS) is 16.4. The van der Waals surface area contributed by atoms with Crippen LogP contribution in [0.3, 0.4) is 0 Å². The Bertz CT molecular complexity index is 361. The molecule has 1 heterocycles. The minimum Gasteiger partial charge on any atom is -0.292 e. The zero-order valence-electron chi connectivity index (χ0n) is 8.35. The Balaban J connectivity index is 2.36. The quantitative estimate of drug-likeness (QED) is 0.669. The average molecular weight is 197 g/mol. The van der Waals surface area contributed by atoms with Gasteiger partial charge in [0.2, 0.25) is 0 Å². The Labute approximate surface area is 82.3 Å². The van der Waals surface area contributed by atoms with E-state index in [9.17, 15) is 8.78 Å². The van der Waals surface area contributed by atoms with Crippen molar-refractivity contribution in [2.24, 2.45) is 0 Å². The Morgan fingerprint density at radius 2 is 1.93 bits per heavy atom. The predicted molar refractivity (Wildman–Crippen MR) is 50.7 cm³/mol. The number of halogens is 2. The van der Waals surface area contributed by atoms with E-state index in [1.54, 1.807) is 6.07 Å². The smallest absolute Gasteiger partial charge is 0.163 e. The molecule has 1 nitrogen and oxygen atoms in total. The molecule has 0 saturated heterocycles. The first-order chi connectivity index (χ1) is 6.59. The van der Waals surface area contributed by atoms with Crippen LogP contribution >= 0.6 is 0 Å². The molecule has 0 bridgehead atoms. The van der Waals surface area contributed by atoms with Crippen LogP contribution in [0.4, 0.5) is 8.78 Å². The maximum Gasteiger partial charge on any atom is 0.163 e. The summed E-state index contributed by atoms with van der Waals surface area (Å²) in [6, 6.07) is 3.25. The van der Waals surface area contributed by atoms with Crippen LogP contribution in [0.15, 0.2) is 12.1 Å². The van der Waals surface area contributed by atoms with Crippen molar-refractivity contribution in [1.82, 2.24) is 4.90 Å². The van der Waals surface area contributed by atoms with Crippen LogP contribution in [-0.4, -0.2) is 10.9 Å². The molecule has 1 aromatic carbocycles. The van der Waals surface area contributed by atoms with Gasteiger partial charge in [-0.05, 0) is 25.5 Å². The molecule has 3 heteroatoms. The van der Waals surface area contributed by atoms with Crippen molar-refractivity contribution < 1.29 is 8.78 Å². The molecule has 14 heavy (non-hydrogen) atoms. The third kappa shape index (κ3) is 1.42. The number of hydrogen-bond acceptors (Lipinski definition) is 1. The molecule has 0 aromatic heterocycles. The van der Waals surface area contributed by atoms with Gasteiger partial charge in [0, 0.05) is 24.7 Å². The summed E-state index contributed by atoms with van der Waals surface area (Å²) in [6.45, 7) is 5.36. The van der Waals surface area contributed by atoms with Gasteiger partial charge in [-0.1, -0.05) is 6.07 Å². The highest BCUT2D eigenvalue weighted by atomic mass is 19.2. The molecule has 0 unspecified atom stereocenters. The van der Waals surface area contributed by atoms with Gasteiger partial charge in [0.25, 0.3) is 0 Å². The molecule has 0 amide bonds. The van der Waals surface area contributed by atoms with Gasteiger partial charge in [0.1, 0.15) is 0 Å². The third-order valence-corrected chi connectivity index (χ3v) is 2.76. The molecular weight excluding hydrogens is 184 g/mol. The summed E-state index contributed by atoms with van der Waals surface area (Å²) in [5.41, 5.74) is 1.44. The lowest BCUT2D eigenvalue weighted by Gasteiger charge is -2.18. The van der Waals surface area contributed by atoms with Gasteiger partial charge in [-0.2, -0.15) is 0 Å². The Morgan fingerprint density at radius 1 is 1.21 bits per heavy atom. The van der Waals surface area contributed by atoms with Crippen molar-refractivity contribution >= 4 is 0 Å². The zero-order valence-corrected chi connectivity index (χ0v) is 8.35. The first-order valence-corrected chi connectivity index (χ1v) is 4.79. The van der Waals surface area contributed by atoms with Crippen molar-refractivity contribution in [3.8, 4) is 0 Å². The van der Waals surface area contributed by atoms with Crippen LogP contribution in [0.2, 0.25) is 0 Å². The first-order valence-electron chi connectivity index (χ1n) is 4.79. The van der Waals surface area contributed by atoms with Crippen LogP contribution in [0.5, 0.6) is 0 Å². The zero-order chi connectivity index (χ0) is 10.3. The second-order valence-corrected chi connectivity index (χ2v) is 4.00. The summed E-state index contributed by atoms with van der Waals surface area (Å²) in [5.74, 6) is -1.42. The monoisotopic (exact) mass is 197 g/mol. The van der Waals surface area contributed by atoms with Crippen LogP contribution in [0, 0.1) is 11.6 Å². The standard InChI is InChI=1S/C11H13F2N/c1-7(2)14-5-8-3-4-10(12)11(13)9(8)6-14/h3-4,7H,5-6H2,1-2H3. The lowest BCUT2D eigenvalue weighted by Crippen LogP contribution is -2.24. The molecule has 0 saturated carbocycles. The highest BCUT2D eigenvalue weighted by Crippen LogP contribution is 2.27. The highest BCUT2D eigenvalue weighted by Gasteiger charge is 2.25. The topological polar surface area (TPSA) is 3.24 Å². The first kappa shape index (κ1) is 9.59. The number of benzene rings is 1. The fourth-order valence-electron chi connectivity index (χ4n) is 1.79. The molecular formula is C11H13F2N. The van der Waals surface area contributed by atoms with Gasteiger partial charge in [-0.25, -0.2) is 8.78 Å². The lowest BCUT2D eigenvalue weighted by molar-refractivity contribution is 0.225. The maximum atomic E-state index is 13.3. The minimum absolute atomic E-state index is 0.366. The van der Waals surface area contributed by atoms with Crippen LogP contribution < -0.4 is 0 Å². The summed E-state index contributed by atoms with van der Waals surface area (Å²) in [4.78, 5) is 2.12. The van der Waals surface area contributed by atoms with E-state index in [1.165, 1.54) is 6.07 Å². The molecule has 0 atom stereocenters. The maximum absolute atomic E-state index is 13.3. The highest BCUT2D eigenvalue weighted by molar-refractivity contribution is 5.32. The fourth-order valence-corrected chi connectivity index (χ4v) is 1.79. The summed E-state index contributed by atoms with van der Waals surface area (Å²) in [5, 5.41) is 0. The van der Waals surface area contributed by atoms with Gasteiger partial charge in [-0.3, -0.25) is 4.90 Å². The molecule has 76 valence electrons. The van der Waals surface area contributed by atoms with Crippen LogP contribution in [0.25, 0.3) is 0 Å². The molecule has 0 aliphatic carbocycles. The average Bonchev–Trinajstić information content (AvgIpc) is 2.56. The van der Waals surface area contributed by atoms with Gasteiger partial charge in [-0.15, -0.1) is 0 Å². The second kappa shape index (κ2) is 3.31. The van der Waals surface area contributed by atoms with Gasteiger partial charge < -0.3 is 0 Å². The van der Waals surface area contributed by atoms with Crippen LogP contribution in [-0.2, 0) is 13.1 Å². The summed E-state index contributed by atoms with van der Waals surface area (Å²) >= 11 is 0.